The smallest absolute Gasteiger partial charge is 0.186 e. The second kappa shape index (κ2) is 6.33. The quantitative estimate of drug-likeness (QED) is 0.700. The minimum absolute atomic E-state index is 0.490. The molecule has 2 nitrogen and oxygen atoms in total. The second-order valence-corrected chi connectivity index (χ2v) is 5.17. The van der Waals surface area contributed by atoms with E-state index in [-0.39, 0.29) is 0 Å². The minimum Gasteiger partial charge on any atom is -0.346 e. The van der Waals surface area contributed by atoms with Crippen molar-refractivity contribution in [1.29, 1.82) is 0 Å². The van der Waals surface area contributed by atoms with E-state index in [0.29, 0.717) is 11.2 Å². The zero-order valence-corrected chi connectivity index (χ0v) is 11.2. The molecule has 1 heterocycles. The summed E-state index contributed by atoms with van der Waals surface area (Å²) in [4.78, 5) is 6.65. The molecule has 1 aromatic rings. The van der Waals surface area contributed by atoms with Crippen LogP contribution < -0.4 is 4.90 Å². The van der Waals surface area contributed by atoms with Crippen LogP contribution in [0.1, 0.15) is 40.0 Å². The topological polar surface area (TPSA) is 16.1 Å². The van der Waals surface area contributed by atoms with Gasteiger partial charge in [0.25, 0.3) is 0 Å². The number of aromatic nitrogens is 1. The van der Waals surface area contributed by atoms with Gasteiger partial charge in [0, 0.05) is 18.0 Å². The summed E-state index contributed by atoms with van der Waals surface area (Å²) in [5.41, 5.74) is 0. The van der Waals surface area contributed by atoms with Gasteiger partial charge < -0.3 is 4.90 Å². The molecule has 0 aliphatic heterocycles. The summed E-state index contributed by atoms with van der Waals surface area (Å²) in [7, 11) is 0. The van der Waals surface area contributed by atoms with Gasteiger partial charge in [0.15, 0.2) is 5.13 Å². The van der Waals surface area contributed by atoms with Crippen LogP contribution in [0.4, 0.5) is 5.13 Å². The fourth-order valence-corrected chi connectivity index (χ4v) is 2.59. The number of nitrogens with zero attached hydrogens (tertiary/aromatic N) is 2. The predicted octanol–water partition coefficient (Wildman–Crippen LogP) is 4.20. The van der Waals surface area contributed by atoms with Crippen LogP contribution in [0.3, 0.4) is 0 Å². The van der Waals surface area contributed by atoms with Crippen molar-refractivity contribution in [3.05, 3.63) is 10.5 Å². The summed E-state index contributed by atoms with van der Waals surface area (Å²) >= 11 is 7.47. The number of thiazole rings is 1. The monoisotopic (exact) mass is 246 g/mol. The molecule has 0 atom stereocenters. The summed E-state index contributed by atoms with van der Waals surface area (Å²) < 4.78 is 0. The average Bonchev–Trinajstić information content (AvgIpc) is 2.59. The third kappa shape index (κ3) is 3.99. The molecule has 0 N–H and O–H groups in total. The van der Waals surface area contributed by atoms with E-state index < -0.39 is 0 Å². The lowest BCUT2D eigenvalue weighted by Crippen LogP contribution is -2.31. The fourth-order valence-electron chi connectivity index (χ4n) is 1.48. The van der Waals surface area contributed by atoms with Crippen LogP contribution in [-0.4, -0.2) is 17.6 Å². The highest BCUT2D eigenvalue weighted by molar-refractivity contribution is 7.14. The molecule has 0 unspecified atom stereocenters. The maximum Gasteiger partial charge on any atom is 0.186 e. The van der Waals surface area contributed by atoms with Crippen molar-refractivity contribution < 1.29 is 0 Å². The second-order valence-electron chi connectivity index (χ2n) is 3.95. The van der Waals surface area contributed by atoms with E-state index in [2.05, 4.69) is 30.7 Å². The third-order valence-electron chi connectivity index (χ3n) is 2.34. The average molecular weight is 247 g/mol. The van der Waals surface area contributed by atoms with Crippen LogP contribution in [-0.2, 0) is 0 Å². The SMILES string of the molecule is CCCCCN(c1nc(Cl)cs1)C(C)C. The van der Waals surface area contributed by atoms with Crippen LogP contribution in [0.15, 0.2) is 5.38 Å². The number of rotatable bonds is 6. The lowest BCUT2D eigenvalue weighted by molar-refractivity contribution is 0.624. The van der Waals surface area contributed by atoms with Crippen molar-refractivity contribution in [2.45, 2.75) is 46.1 Å². The van der Waals surface area contributed by atoms with Crippen LogP contribution >= 0.6 is 22.9 Å². The van der Waals surface area contributed by atoms with Crippen LogP contribution in [0.25, 0.3) is 0 Å². The first-order valence-electron chi connectivity index (χ1n) is 5.52. The fraction of sp³-hybridized carbons (Fsp3) is 0.727. The summed E-state index contributed by atoms with van der Waals surface area (Å²) in [5, 5.41) is 3.55. The molecule has 0 saturated carbocycles. The molecule has 0 spiro atoms. The molecule has 0 amide bonds. The van der Waals surface area contributed by atoms with E-state index in [9.17, 15) is 0 Å². The van der Waals surface area contributed by atoms with Gasteiger partial charge in [0.05, 0.1) is 0 Å². The van der Waals surface area contributed by atoms with Gasteiger partial charge in [0.2, 0.25) is 0 Å². The van der Waals surface area contributed by atoms with Crippen LogP contribution in [0, 0.1) is 0 Å². The highest BCUT2D eigenvalue weighted by Crippen LogP contribution is 2.25. The Labute approximate surface area is 101 Å². The standard InChI is InChI=1S/C11H19ClN2S/c1-4-5-6-7-14(9(2)3)11-13-10(12)8-15-11/h8-9H,4-7H2,1-3H3. The predicted molar refractivity (Wildman–Crippen MR) is 69.1 cm³/mol. The number of hydrogen-bond acceptors (Lipinski definition) is 3. The van der Waals surface area contributed by atoms with Crippen LogP contribution in [0.5, 0.6) is 0 Å². The van der Waals surface area contributed by atoms with E-state index in [1.807, 2.05) is 5.38 Å². The molecule has 0 aliphatic carbocycles. The Morgan fingerprint density at radius 2 is 2.20 bits per heavy atom. The first-order chi connectivity index (χ1) is 7.15. The van der Waals surface area contributed by atoms with E-state index in [0.717, 1.165) is 11.7 Å². The van der Waals surface area contributed by atoms with Gasteiger partial charge in [-0.1, -0.05) is 31.4 Å². The zero-order valence-electron chi connectivity index (χ0n) is 9.66. The Kier molecular flexibility index (Phi) is 5.40. The molecule has 0 aliphatic rings. The van der Waals surface area contributed by atoms with Gasteiger partial charge in [-0.25, -0.2) is 4.98 Å². The molecule has 86 valence electrons. The molecule has 0 fully saturated rings. The van der Waals surface area contributed by atoms with Crippen molar-refractivity contribution in [3.8, 4) is 0 Å². The van der Waals surface area contributed by atoms with E-state index >= 15 is 0 Å². The lowest BCUT2D eigenvalue weighted by Gasteiger charge is -2.25. The third-order valence-corrected chi connectivity index (χ3v) is 3.54. The molecule has 1 rings (SSSR count). The first-order valence-corrected chi connectivity index (χ1v) is 6.78. The van der Waals surface area contributed by atoms with Crippen molar-refractivity contribution in [3.63, 3.8) is 0 Å². The Morgan fingerprint density at radius 1 is 1.47 bits per heavy atom. The van der Waals surface area contributed by atoms with E-state index in [4.69, 9.17) is 11.6 Å². The van der Waals surface area contributed by atoms with Gasteiger partial charge >= 0.3 is 0 Å². The van der Waals surface area contributed by atoms with Gasteiger partial charge in [-0.3, -0.25) is 0 Å². The Hall–Kier alpha value is -0.280. The van der Waals surface area contributed by atoms with Crippen molar-refractivity contribution >= 4 is 28.1 Å². The molecule has 0 aromatic carbocycles. The zero-order chi connectivity index (χ0) is 11.3. The molecular formula is C11H19ClN2S. The summed E-state index contributed by atoms with van der Waals surface area (Å²) in [5.74, 6) is 0. The summed E-state index contributed by atoms with van der Waals surface area (Å²) in [6.45, 7) is 7.69. The highest BCUT2D eigenvalue weighted by Gasteiger charge is 2.13. The number of hydrogen-bond donors (Lipinski definition) is 0. The van der Waals surface area contributed by atoms with E-state index in [1.54, 1.807) is 11.3 Å². The van der Waals surface area contributed by atoms with Crippen molar-refractivity contribution in [1.82, 2.24) is 4.98 Å². The minimum atomic E-state index is 0.490. The molecule has 0 bridgehead atoms. The summed E-state index contributed by atoms with van der Waals surface area (Å²) in [6.07, 6.45) is 3.76. The van der Waals surface area contributed by atoms with Gasteiger partial charge in [-0.05, 0) is 20.3 Å². The molecular weight excluding hydrogens is 228 g/mol. The van der Waals surface area contributed by atoms with Crippen LogP contribution in [0.2, 0.25) is 5.15 Å². The normalized spacial score (nSPS) is 11.0. The van der Waals surface area contributed by atoms with Crippen molar-refractivity contribution in [2.24, 2.45) is 0 Å². The maximum atomic E-state index is 5.84. The Balaban J connectivity index is 2.58. The molecule has 4 heteroatoms. The maximum absolute atomic E-state index is 5.84. The van der Waals surface area contributed by atoms with E-state index in [1.165, 1.54) is 19.3 Å². The molecule has 0 saturated heterocycles. The molecule has 15 heavy (non-hydrogen) atoms. The lowest BCUT2D eigenvalue weighted by atomic mass is 10.2. The van der Waals surface area contributed by atoms with Crippen molar-refractivity contribution in [2.75, 3.05) is 11.4 Å². The number of unbranched alkanes of at least 4 members (excludes halogenated alkanes) is 2. The largest absolute Gasteiger partial charge is 0.346 e. The number of halogens is 1. The Bertz CT molecular complexity index is 286. The van der Waals surface area contributed by atoms with Gasteiger partial charge in [-0.15, -0.1) is 11.3 Å². The first kappa shape index (κ1) is 12.8. The highest BCUT2D eigenvalue weighted by atomic mass is 35.5. The van der Waals surface area contributed by atoms with Gasteiger partial charge in [0.1, 0.15) is 5.15 Å². The number of anilines is 1. The molecule has 1 aromatic heterocycles. The Morgan fingerprint density at radius 3 is 2.67 bits per heavy atom. The van der Waals surface area contributed by atoms with Gasteiger partial charge in [-0.2, -0.15) is 0 Å². The summed E-state index contributed by atoms with van der Waals surface area (Å²) in [6, 6.07) is 0.490. The molecule has 0 radical (unpaired) electrons.